The summed E-state index contributed by atoms with van der Waals surface area (Å²) >= 11 is 1.21. The molecule has 1 rings (SSSR count). The summed E-state index contributed by atoms with van der Waals surface area (Å²) in [6.45, 7) is 1.87. The van der Waals surface area contributed by atoms with Gasteiger partial charge in [0, 0.05) is 0 Å². The van der Waals surface area contributed by atoms with E-state index in [0.717, 1.165) is 0 Å². The lowest BCUT2D eigenvalue weighted by Gasteiger charge is -2.05. The largest absolute Gasteiger partial charge is 0.369 e. The van der Waals surface area contributed by atoms with Crippen LogP contribution in [0.3, 0.4) is 0 Å². The molecule has 1 atom stereocenters. The van der Waals surface area contributed by atoms with E-state index in [4.69, 9.17) is 11.5 Å². The van der Waals surface area contributed by atoms with Crippen molar-refractivity contribution in [1.29, 1.82) is 0 Å². The van der Waals surface area contributed by atoms with Crippen molar-refractivity contribution in [1.82, 2.24) is 15.2 Å². The molecule has 72 valence electrons. The smallest absolute Gasteiger partial charge is 0.231 e. The molecular weight excluding hydrogens is 190 g/mol. The third-order valence-corrected chi connectivity index (χ3v) is 2.66. The Morgan fingerprint density at radius 3 is 2.85 bits per heavy atom. The summed E-state index contributed by atoms with van der Waals surface area (Å²) in [6.07, 6.45) is 0.647. The van der Waals surface area contributed by atoms with Gasteiger partial charge >= 0.3 is 0 Å². The molecule has 0 aromatic carbocycles. The van der Waals surface area contributed by atoms with Crippen LogP contribution in [0.1, 0.15) is 13.3 Å². The van der Waals surface area contributed by atoms with Crippen LogP contribution < -0.4 is 11.5 Å². The summed E-state index contributed by atoms with van der Waals surface area (Å²) in [4.78, 5) is 14.7. The van der Waals surface area contributed by atoms with Crippen molar-refractivity contribution in [2.75, 3.05) is 5.73 Å². The number of thioether (sulfide) groups is 1. The maximum Gasteiger partial charge on any atom is 0.231 e. The van der Waals surface area contributed by atoms with E-state index in [1.165, 1.54) is 11.8 Å². The second-order valence-corrected chi connectivity index (χ2v) is 3.59. The van der Waals surface area contributed by atoms with Crippen molar-refractivity contribution in [3.8, 4) is 0 Å². The molecular formula is C6H11N5OS. The second-order valence-electron chi connectivity index (χ2n) is 2.42. The van der Waals surface area contributed by atoms with Gasteiger partial charge in [0.1, 0.15) is 0 Å². The number of aromatic nitrogens is 3. The van der Waals surface area contributed by atoms with Crippen molar-refractivity contribution in [2.24, 2.45) is 5.73 Å². The fourth-order valence-electron chi connectivity index (χ4n) is 0.781. The highest BCUT2D eigenvalue weighted by Gasteiger charge is 2.16. The number of rotatable bonds is 4. The summed E-state index contributed by atoms with van der Waals surface area (Å²) in [5, 5.41) is 6.41. The SMILES string of the molecule is CCC(Sc1n[nH]c(N)n1)C(N)=O. The van der Waals surface area contributed by atoms with Crippen LogP contribution >= 0.6 is 11.8 Å². The number of hydrogen-bond donors (Lipinski definition) is 3. The van der Waals surface area contributed by atoms with E-state index in [1.54, 1.807) is 0 Å². The Morgan fingerprint density at radius 2 is 2.46 bits per heavy atom. The van der Waals surface area contributed by atoms with Gasteiger partial charge in [-0.1, -0.05) is 18.7 Å². The average molecular weight is 201 g/mol. The third kappa shape index (κ3) is 2.62. The zero-order chi connectivity index (χ0) is 9.84. The van der Waals surface area contributed by atoms with Gasteiger partial charge in [-0.2, -0.15) is 4.98 Å². The van der Waals surface area contributed by atoms with Crippen LogP contribution in [0.4, 0.5) is 5.95 Å². The molecule has 1 heterocycles. The van der Waals surface area contributed by atoms with Crippen LogP contribution in [0.15, 0.2) is 5.16 Å². The quantitative estimate of drug-likeness (QED) is 0.581. The van der Waals surface area contributed by atoms with Crippen LogP contribution in [-0.2, 0) is 4.79 Å². The summed E-state index contributed by atoms with van der Waals surface area (Å²) in [5.74, 6) is -0.127. The number of H-pyrrole nitrogens is 1. The molecule has 0 aliphatic heterocycles. The maximum atomic E-state index is 10.8. The Hall–Kier alpha value is -1.24. The summed E-state index contributed by atoms with van der Waals surface area (Å²) in [7, 11) is 0. The molecule has 0 aliphatic rings. The second kappa shape index (κ2) is 4.13. The number of nitrogen functional groups attached to an aromatic ring is 1. The number of carbonyl (C=O) groups excluding carboxylic acids is 1. The van der Waals surface area contributed by atoms with E-state index in [0.29, 0.717) is 11.6 Å². The standard InChI is InChI=1S/C6H11N5OS/c1-2-3(4(7)12)13-6-9-5(8)10-11-6/h3H,2H2,1H3,(H2,7,12)(H3,8,9,10,11). The van der Waals surface area contributed by atoms with Gasteiger partial charge < -0.3 is 11.5 Å². The van der Waals surface area contributed by atoms with E-state index in [-0.39, 0.29) is 17.1 Å². The Morgan fingerprint density at radius 1 is 1.77 bits per heavy atom. The van der Waals surface area contributed by atoms with Gasteiger partial charge in [0.2, 0.25) is 17.0 Å². The highest BCUT2D eigenvalue weighted by Crippen LogP contribution is 2.21. The van der Waals surface area contributed by atoms with Crippen molar-refractivity contribution in [3.05, 3.63) is 0 Å². The molecule has 13 heavy (non-hydrogen) atoms. The number of nitrogens with zero attached hydrogens (tertiary/aromatic N) is 2. The number of nitrogens with two attached hydrogens (primary N) is 2. The molecule has 1 unspecified atom stereocenters. The van der Waals surface area contributed by atoms with Crippen molar-refractivity contribution in [3.63, 3.8) is 0 Å². The van der Waals surface area contributed by atoms with E-state index in [1.807, 2.05) is 6.92 Å². The molecule has 6 nitrogen and oxygen atoms in total. The summed E-state index contributed by atoms with van der Waals surface area (Å²) in [6, 6.07) is 0. The van der Waals surface area contributed by atoms with Crippen LogP contribution in [0.25, 0.3) is 0 Å². The fourth-order valence-corrected chi connectivity index (χ4v) is 1.57. The lowest BCUT2D eigenvalue weighted by molar-refractivity contribution is -0.117. The van der Waals surface area contributed by atoms with Gasteiger partial charge in [0.15, 0.2) is 0 Å². The monoisotopic (exact) mass is 201 g/mol. The number of hydrogen-bond acceptors (Lipinski definition) is 5. The molecule has 0 fully saturated rings. The van der Waals surface area contributed by atoms with E-state index >= 15 is 0 Å². The molecule has 0 aliphatic carbocycles. The van der Waals surface area contributed by atoms with Crippen LogP contribution in [0.2, 0.25) is 0 Å². The van der Waals surface area contributed by atoms with Gasteiger partial charge in [-0.15, -0.1) is 5.10 Å². The molecule has 0 spiro atoms. The molecule has 1 aromatic rings. The van der Waals surface area contributed by atoms with Crippen molar-refractivity contribution in [2.45, 2.75) is 23.8 Å². The van der Waals surface area contributed by atoms with Gasteiger partial charge in [-0.25, -0.2) is 5.10 Å². The molecule has 7 heteroatoms. The lowest BCUT2D eigenvalue weighted by Crippen LogP contribution is -2.24. The minimum absolute atomic E-state index is 0.238. The number of primary amides is 1. The first-order valence-corrected chi connectivity index (χ1v) is 4.65. The normalized spacial score (nSPS) is 12.7. The molecule has 0 saturated heterocycles. The maximum absolute atomic E-state index is 10.8. The van der Waals surface area contributed by atoms with Crippen molar-refractivity contribution >= 4 is 23.6 Å². The first-order valence-electron chi connectivity index (χ1n) is 3.77. The number of nitrogens with one attached hydrogen (secondary N) is 1. The van der Waals surface area contributed by atoms with Gasteiger partial charge in [-0.05, 0) is 6.42 Å². The molecule has 0 bridgehead atoms. The number of aromatic amines is 1. The third-order valence-electron chi connectivity index (χ3n) is 1.42. The molecule has 5 N–H and O–H groups in total. The zero-order valence-corrected chi connectivity index (χ0v) is 7.97. The topological polar surface area (TPSA) is 111 Å². The highest BCUT2D eigenvalue weighted by atomic mass is 32.2. The highest BCUT2D eigenvalue weighted by molar-refractivity contribution is 8.00. The van der Waals surface area contributed by atoms with Crippen LogP contribution in [0, 0.1) is 0 Å². The Balaban J connectivity index is 2.61. The van der Waals surface area contributed by atoms with E-state index in [2.05, 4.69) is 15.2 Å². The van der Waals surface area contributed by atoms with Gasteiger partial charge in [0.25, 0.3) is 0 Å². The Labute approximate surface area is 79.5 Å². The Kier molecular flexibility index (Phi) is 3.13. The number of carbonyl (C=O) groups is 1. The molecule has 0 radical (unpaired) electrons. The first-order chi connectivity index (χ1) is 6.13. The molecule has 0 saturated carbocycles. The summed E-state index contributed by atoms with van der Waals surface area (Å²) in [5.41, 5.74) is 10.5. The van der Waals surface area contributed by atoms with Gasteiger partial charge in [-0.3, -0.25) is 4.79 Å². The average Bonchev–Trinajstić information content (AvgIpc) is 2.46. The Bertz CT molecular complexity index is 299. The number of amides is 1. The van der Waals surface area contributed by atoms with Crippen LogP contribution in [-0.4, -0.2) is 26.3 Å². The van der Waals surface area contributed by atoms with E-state index in [9.17, 15) is 4.79 Å². The zero-order valence-electron chi connectivity index (χ0n) is 7.15. The molecule has 1 aromatic heterocycles. The lowest BCUT2D eigenvalue weighted by atomic mass is 10.3. The minimum Gasteiger partial charge on any atom is -0.369 e. The fraction of sp³-hybridized carbons (Fsp3) is 0.500. The summed E-state index contributed by atoms with van der Waals surface area (Å²) < 4.78 is 0. The minimum atomic E-state index is -0.365. The van der Waals surface area contributed by atoms with Crippen LogP contribution in [0.5, 0.6) is 0 Å². The first kappa shape index (κ1) is 9.85. The van der Waals surface area contributed by atoms with Gasteiger partial charge in [0.05, 0.1) is 5.25 Å². The predicted molar refractivity (Wildman–Crippen MR) is 49.9 cm³/mol. The predicted octanol–water partition coefficient (Wildman–Crippen LogP) is -0.257. The van der Waals surface area contributed by atoms with Crippen molar-refractivity contribution < 1.29 is 4.79 Å². The number of anilines is 1. The molecule has 1 amide bonds. The van der Waals surface area contributed by atoms with E-state index < -0.39 is 0 Å².